The fourth-order valence-corrected chi connectivity index (χ4v) is 4.58. The van der Waals surface area contributed by atoms with E-state index < -0.39 is 5.60 Å². The Hall–Kier alpha value is -0.0800. The lowest BCUT2D eigenvalue weighted by Gasteiger charge is -2.55. The monoisotopic (exact) mass is 240 g/mol. The summed E-state index contributed by atoms with van der Waals surface area (Å²) in [5.41, 5.74) is -0.448. The first-order chi connectivity index (χ1) is 7.76. The molecular weight excluding hydrogens is 212 g/mol. The lowest BCUT2D eigenvalue weighted by molar-refractivity contribution is -0.151. The van der Waals surface area contributed by atoms with E-state index in [0.29, 0.717) is 17.3 Å². The Balaban J connectivity index is 2.24. The lowest BCUT2D eigenvalue weighted by Crippen LogP contribution is -2.55. The van der Waals surface area contributed by atoms with E-state index in [1.807, 2.05) is 13.8 Å². The van der Waals surface area contributed by atoms with Crippen molar-refractivity contribution in [3.05, 3.63) is 0 Å². The molecule has 0 radical (unpaired) electrons. The quantitative estimate of drug-likeness (QED) is 0.740. The second-order valence-electron chi connectivity index (χ2n) is 7.34. The molecule has 0 heterocycles. The molecule has 2 aliphatic rings. The fourth-order valence-electron chi connectivity index (χ4n) is 4.58. The summed E-state index contributed by atoms with van der Waals surface area (Å²) in [6.07, 6.45) is 5.57. The van der Waals surface area contributed by atoms with E-state index in [1.54, 1.807) is 0 Å². The SMILES string of the molecule is C[C@@H]1CCC[C@]2(C)CC[C@@H](C(C)(C)O)[C@H](O)[C@H]12. The molecule has 0 aromatic rings. The van der Waals surface area contributed by atoms with Crippen LogP contribution < -0.4 is 0 Å². The van der Waals surface area contributed by atoms with Gasteiger partial charge in [0.05, 0.1) is 11.7 Å². The van der Waals surface area contributed by atoms with Crippen LogP contribution >= 0.6 is 0 Å². The van der Waals surface area contributed by atoms with Crippen LogP contribution in [0.5, 0.6) is 0 Å². The average Bonchev–Trinajstić information content (AvgIpc) is 2.14. The molecule has 0 saturated heterocycles. The Kier molecular flexibility index (Phi) is 3.33. The van der Waals surface area contributed by atoms with Gasteiger partial charge in [-0.1, -0.05) is 26.7 Å². The molecule has 5 atom stereocenters. The summed E-state index contributed by atoms with van der Waals surface area (Å²) in [5.74, 6) is 1.01. The van der Waals surface area contributed by atoms with Crippen LogP contribution in [-0.2, 0) is 0 Å². The molecule has 2 saturated carbocycles. The van der Waals surface area contributed by atoms with Crippen molar-refractivity contribution >= 4 is 0 Å². The van der Waals surface area contributed by atoms with Gasteiger partial charge in [-0.05, 0) is 50.4 Å². The van der Waals surface area contributed by atoms with Crippen molar-refractivity contribution in [2.24, 2.45) is 23.2 Å². The Labute approximate surface area is 105 Å². The highest BCUT2D eigenvalue weighted by molar-refractivity contribution is 5.02. The molecule has 17 heavy (non-hydrogen) atoms. The first-order valence-electron chi connectivity index (χ1n) is 7.16. The van der Waals surface area contributed by atoms with Gasteiger partial charge in [0.1, 0.15) is 0 Å². The predicted molar refractivity (Wildman–Crippen MR) is 69.6 cm³/mol. The first-order valence-corrected chi connectivity index (χ1v) is 7.16. The van der Waals surface area contributed by atoms with Crippen molar-refractivity contribution in [2.75, 3.05) is 0 Å². The molecule has 2 heteroatoms. The van der Waals surface area contributed by atoms with E-state index >= 15 is 0 Å². The highest BCUT2D eigenvalue weighted by Gasteiger charge is 2.52. The van der Waals surface area contributed by atoms with Gasteiger partial charge in [0.2, 0.25) is 0 Å². The summed E-state index contributed by atoms with van der Waals surface area (Å²) >= 11 is 0. The fraction of sp³-hybridized carbons (Fsp3) is 1.00. The first kappa shape index (κ1) is 13.4. The number of hydrogen-bond donors (Lipinski definition) is 2. The molecule has 100 valence electrons. The average molecular weight is 240 g/mol. The van der Waals surface area contributed by atoms with E-state index in [4.69, 9.17) is 0 Å². The maximum absolute atomic E-state index is 10.7. The van der Waals surface area contributed by atoms with E-state index in [0.717, 1.165) is 12.8 Å². The summed E-state index contributed by atoms with van der Waals surface area (Å²) in [4.78, 5) is 0. The van der Waals surface area contributed by atoms with Crippen molar-refractivity contribution in [1.29, 1.82) is 0 Å². The van der Waals surface area contributed by atoms with Crippen molar-refractivity contribution in [1.82, 2.24) is 0 Å². The number of aliphatic hydroxyl groups is 2. The topological polar surface area (TPSA) is 40.5 Å². The zero-order valence-electron chi connectivity index (χ0n) is 11.7. The van der Waals surface area contributed by atoms with Crippen LogP contribution in [0.15, 0.2) is 0 Å². The molecule has 2 N–H and O–H groups in total. The largest absolute Gasteiger partial charge is 0.392 e. The zero-order chi connectivity index (χ0) is 12.8. The van der Waals surface area contributed by atoms with Gasteiger partial charge in [0, 0.05) is 5.92 Å². The van der Waals surface area contributed by atoms with Crippen LogP contribution in [0.1, 0.15) is 59.8 Å². The Morgan fingerprint density at radius 2 is 1.82 bits per heavy atom. The maximum atomic E-state index is 10.7. The summed E-state index contributed by atoms with van der Waals surface area (Å²) in [6.45, 7) is 8.31. The van der Waals surface area contributed by atoms with Gasteiger partial charge in [0.25, 0.3) is 0 Å². The Morgan fingerprint density at radius 3 is 2.41 bits per heavy atom. The molecule has 0 unspecified atom stereocenters. The van der Waals surface area contributed by atoms with Gasteiger partial charge in [0.15, 0.2) is 0 Å². The molecule has 2 aliphatic carbocycles. The minimum Gasteiger partial charge on any atom is -0.392 e. The molecule has 0 bridgehead atoms. The van der Waals surface area contributed by atoms with E-state index in [2.05, 4.69) is 13.8 Å². The van der Waals surface area contributed by atoms with Gasteiger partial charge in [-0.25, -0.2) is 0 Å². The second kappa shape index (κ2) is 4.24. The van der Waals surface area contributed by atoms with Crippen LogP contribution in [0, 0.1) is 23.2 Å². The Bertz CT molecular complexity index is 281. The third-order valence-electron chi connectivity index (χ3n) is 5.54. The van der Waals surface area contributed by atoms with Crippen molar-refractivity contribution in [3.8, 4) is 0 Å². The number of fused-ring (bicyclic) bond motifs is 1. The van der Waals surface area contributed by atoms with Gasteiger partial charge >= 0.3 is 0 Å². The van der Waals surface area contributed by atoms with E-state index in [1.165, 1.54) is 19.3 Å². The number of aliphatic hydroxyl groups excluding tert-OH is 1. The second-order valence-corrected chi connectivity index (χ2v) is 7.34. The van der Waals surface area contributed by atoms with Crippen molar-refractivity contribution in [3.63, 3.8) is 0 Å². The van der Waals surface area contributed by atoms with Gasteiger partial charge < -0.3 is 10.2 Å². The van der Waals surface area contributed by atoms with Gasteiger partial charge in [-0.15, -0.1) is 0 Å². The highest BCUT2D eigenvalue weighted by Crippen LogP contribution is 2.55. The molecule has 0 aliphatic heterocycles. The summed E-state index contributed by atoms with van der Waals surface area (Å²) in [6, 6.07) is 0. The molecular formula is C15H28O2. The molecule has 2 nitrogen and oxygen atoms in total. The minimum atomic E-state index is -0.752. The van der Waals surface area contributed by atoms with Crippen LogP contribution in [0.2, 0.25) is 0 Å². The Morgan fingerprint density at radius 1 is 1.18 bits per heavy atom. The molecule has 0 aromatic heterocycles. The van der Waals surface area contributed by atoms with Gasteiger partial charge in [-0.3, -0.25) is 0 Å². The van der Waals surface area contributed by atoms with E-state index in [-0.39, 0.29) is 12.0 Å². The highest BCUT2D eigenvalue weighted by atomic mass is 16.3. The lowest BCUT2D eigenvalue weighted by atomic mass is 9.52. The van der Waals surface area contributed by atoms with Crippen LogP contribution in [0.4, 0.5) is 0 Å². The molecule has 0 amide bonds. The smallest absolute Gasteiger partial charge is 0.0644 e. The summed E-state index contributed by atoms with van der Waals surface area (Å²) in [7, 11) is 0. The predicted octanol–water partition coefficient (Wildman–Crippen LogP) is 2.97. The third kappa shape index (κ3) is 2.26. The molecule has 0 spiro atoms. The van der Waals surface area contributed by atoms with E-state index in [9.17, 15) is 10.2 Å². The molecule has 2 fully saturated rings. The summed E-state index contributed by atoms with van der Waals surface area (Å²) < 4.78 is 0. The van der Waals surface area contributed by atoms with Crippen LogP contribution in [0.3, 0.4) is 0 Å². The normalized spacial score (nSPS) is 47.6. The summed E-state index contributed by atoms with van der Waals surface area (Å²) in [5, 5.41) is 20.9. The van der Waals surface area contributed by atoms with Gasteiger partial charge in [-0.2, -0.15) is 0 Å². The minimum absolute atomic E-state index is 0.0427. The third-order valence-corrected chi connectivity index (χ3v) is 5.54. The maximum Gasteiger partial charge on any atom is 0.0644 e. The molecule has 0 aromatic carbocycles. The van der Waals surface area contributed by atoms with Crippen LogP contribution in [-0.4, -0.2) is 21.9 Å². The van der Waals surface area contributed by atoms with Crippen molar-refractivity contribution in [2.45, 2.75) is 71.5 Å². The molecule has 2 rings (SSSR count). The standard InChI is InChI=1S/C15H28O2/c1-10-6-5-8-15(4)9-7-11(14(2,3)17)13(16)12(10)15/h10-13,16-17H,5-9H2,1-4H3/t10-,11-,12+,13+,15-/m1/s1. The number of hydrogen-bond acceptors (Lipinski definition) is 2. The number of rotatable bonds is 1. The van der Waals surface area contributed by atoms with Crippen LogP contribution in [0.25, 0.3) is 0 Å². The zero-order valence-corrected chi connectivity index (χ0v) is 11.7. The van der Waals surface area contributed by atoms with Crippen molar-refractivity contribution < 1.29 is 10.2 Å².